The highest BCUT2D eigenvalue weighted by atomic mass is 35.5. The Labute approximate surface area is 163 Å². The molecule has 1 fully saturated rings. The number of benzene rings is 1. The van der Waals surface area contributed by atoms with E-state index in [1.165, 1.54) is 0 Å². The van der Waals surface area contributed by atoms with Crippen LogP contribution in [0.15, 0.2) is 18.3 Å². The first-order chi connectivity index (χ1) is 13.1. The lowest BCUT2D eigenvalue weighted by molar-refractivity contribution is 0.0106. The largest absolute Gasteiger partial charge is 0.486 e. The van der Waals surface area contributed by atoms with E-state index in [2.05, 4.69) is 11.9 Å². The molecule has 6 nitrogen and oxygen atoms in total. The van der Waals surface area contributed by atoms with E-state index >= 15 is 0 Å². The van der Waals surface area contributed by atoms with Gasteiger partial charge in [-0.1, -0.05) is 13.3 Å². The number of hydrogen-bond acceptors (Lipinski definition) is 5. The highest BCUT2D eigenvalue weighted by Gasteiger charge is 2.35. The van der Waals surface area contributed by atoms with Gasteiger partial charge >= 0.3 is 5.97 Å². The number of carbonyl (C=O) groups is 1. The van der Waals surface area contributed by atoms with Crippen molar-refractivity contribution in [3.63, 3.8) is 0 Å². The summed E-state index contributed by atoms with van der Waals surface area (Å²) in [5.74, 6) is 0.956. The predicted octanol–water partition coefficient (Wildman–Crippen LogP) is 4.13. The lowest BCUT2D eigenvalue weighted by Gasteiger charge is -2.39. The number of aromatic amines is 1. The zero-order valence-corrected chi connectivity index (χ0v) is 16.3. The van der Waals surface area contributed by atoms with Crippen LogP contribution in [-0.4, -0.2) is 48.3 Å². The molecule has 0 saturated carbocycles. The molecule has 0 bridgehead atoms. The Kier molecular flexibility index (Phi) is 5.19. The maximum atomic E-state index is 12.9. The number of H-pyrrole nitrogens is 1. The van der Waals surface area contributed by atoms with E-state index in [0.29, 0.717) is 36.9 Å². The number of hydrogen-bond donors (Lipinski definition) is 1. The van der Waals surface area contributed by atoms with Crippen LogP contribution in [0.4, 0.5) is 0 Å². The lowest BCUT2D eigenvalue weighted by atomic mass is 9.76. The summed E-state index contributed by atoms with van der Waals surface area (Å²) in [4.78, 5) is 16.0. The summed E-state index contributed by atoms with van der Waals surface area (Å²) in [6.45, 7) is 5.22. The quantitative estimate of drug-likeness (QED) is 0.612. The van der Waals surface area contributed by atoms with Crippen molar-refractivity contribution < 1.29 is 19.0 Å². The molecule has 146 valence electrons. The van der Waals surface area contributed by atoms with Crippen molar-refractivity contribution in [1.29, 1.82) is 0 Å². The number of esters is 1. The molecule has 2 aliphatic rings. The molecule has 1 N–H and O–H groups in total. The fraction of sp³-hybridized carbons (Fsp3) is 0.550. The van der Waals surface area contributed by atoms with Gasteiger partial charge in [-0.2, -0.15) is 0 Å². The number of ether oxygens (including phenoxy) is 3. The van der Waals surface area contributed by atoms with Gasteiger partial charge in [-0.25, -0.2) is 9.21 Å². The van der Waals surface area contributed by atoms with E-state index in [4.69, 9.17) is 26.0 Å². The number of nitrogens with one attached hydrogen (secondary N) is 1. The highest BCUT2D eigenvalue weighted by Crippen LogP contribution is 2.40. The second-order valence-electron chi connectivity index (χ2n) is 7.45. The molecule has 0 atom stereocenters. The fourth-order valence-electron chi connectivity index (χ4n) is 4.13. The molecule has 27 heavy (non-hydrogen) atoms. The zero-order chi connectivity index (χ0) is 18.9. The van der Waals surface area contributed by atoms with Crippen LogP contribution in [-0.2, 0) is 4.74 Å². The van der Waals surface area contributed by atoms with Gasteiger partial charge in [-0.05, 0) is 43.2 Å². The summed E-state index contributed by atoms with van der Waals surface area (Å²) in [6, 6.07) is 3.76. The second kappa shape index (κ2) is 7.60. The third kappa shape index (κ3) is 3.60. The molecule has 7 heteroatoms. The first-order valence-electron chi connectivity index (χ1n) is 9.59. The average molecular weight is 393 g/mol. The van der Waals surface area contributed by atoms with Crippen molar-refractivity contribution in [2.75, 3.05) is 32.9 Å². The Bertz CT molecular complexity index is 827. The Morgan fingerprint density at radius 3 is 2.85 bits per heavy atom. The van der Waals surface area contributed by atoms with Crippen molar-refractivity contribution in [3.05, 3.63) is 23.9 Å². The standard InChI is InChI=1S/C20H25ClN2O4/c1-2-5-20(6-8-23(21)9-7-20)13-27-19(24)14-12-22-15-3-4-16-18(17(14)15)26-11-10-25-16/h3-4,12,22H,2,5-11,13H2,1H3. The number of piperidine rings is 1. The molecule has 2 aromatic rings. The summed E-state index contributed by atoms with van der Waals surface area (Å²) in [7, 11) is 0. The topological polar surface area (TPSA) is 63.8 Å². The van der Waals surface area contributed by atoms with Crippen LogP contribution in [0.3, 0.4) is 0 Å². The lowest BCUT2D eigenvalue weighted by Crippen LogP contribution is -2.39. The van der Waals surface area contributed by atoms with Crippen molar-refractivity contribution in [3.8, 4) is 11.5 Å². The second-order valence-corrected chi connectivity index (χ2v) is 7.93. The minimum absolute atomic E-state index is 0.0148. The number of nitrogens with zero attached hydrogens (tertiary/aromatic N) is 1. The van der Waals surface area contributed by atoms with Crippen LogP contribution < -0.4 is 9.47 Å². The van der Waals surface area contributed by atoms with Crippen LogP contribution in [0.5, 0.6) is 11.5 Å². The summed E-state index contributed by atoms with van der Waals surface area (Å²) in [5, 5.41) is 0.734. The van der Waals surface area contributed by atoms with E-state index in [9.17, 15) is 4.79 Å². The van der Waals surface area contributed by atoms with Gasteiger partial charge in [0.2, 0.25) is 0 Å². The van der Waals surface area contributed by atoms with E-state index in [1.54, 1.807) is 6.20 Å². The molecule has 4 rings (SSSR count). The van der Waals surface area contributed by atoms with Crippen LogP contribution in [0.2, 0.25) is 0 Å². The molecule has 0 aliphatic carbocycles. The summed E-state index contributed by atoms with van der Waals surface area (Å²) < 4.78 is 19.0. The molecule has 0 spiro atoms. The molecular formula is C20H25ClN2O4. The molecule has 0 radical (unpaired) electrons. The van der Waals surface area contributed by atoms with E-state index in [-0.39, 0.29) is 11.4 Å². The molecular weight excluding hydrogens is 368 g/mol. The van der Waals surface area contributed by atoms with Gasteiger partial charge in [-0.3, -0.25) is 0 Å². The molecule has 0 amide bonds. The number of rotatable bonds is 5. The maximum Gasteiger partial charge on any atom is 0.340 e. The normalized spacial score (nSPS) is 19.2. The predicted molar refractivity (Wildman–Crippen MR) is 104 cm³/mol. The number of fused-ring (bicyclic) bond motifs is 3. The van der Waals surface area contributed by atoms with Crippen molar-refractivity contribution >= 4 is 28.6 Å². The first-order valence-corrected chi connectivity index (χ1v) is 9.93. The van der Waals surface area contributed by atoms with Crippen LogP contribution in [0.25, 0.3) is 10.9 Å². The van der Waals surface area contributed by atoms with Gasteiger partial charge in [0.25, 0.3) is 0 Å². The summed E-state index contributed by atoms with van der Waals surface area (Å²) in [5.41, 5.74) is 1.35. The Morgan fingerprint density at radius 1 is 1.30 bits per heavy atom. The Balaban J connectivity index is 1.54. The smallest absolute Gasteiger partial charge is 0.340 e. The number of halogens is 1. The van der Waals surface area contributed by atoms with E-state index in [0.717, 1.165) is 49.7 Å². The van der Waals surface area contributed by atoms with E-state index in [1.807, 2.05) is 16.6 Å². The SMILES string of the molecule is CCCC1(COC(=O)c2c[nH]c3ccc4c(c23)OCCO4)CCN(Cl)CC1. The van der Waals surface area contributed by atoms with Gasteiger partial charge in [0, 0.05) is 24.7 Å². The van der Waals surface area contributed by atoms with Gasteiger partial charge in [0.05, 0.1) is 23.1 Å². The third-order valence-corrected chi connectivity index (χ3v) is 5.97. The van der Waals surface area contributed by atoms with Crippen LogP contribution in [0.1, 0.15) is 43.0 Å². The first kappa shape index (κ1) is 18.4. The van der Waals surface area contributed by atoms with Gasteiger partial charge in [0.1, 0.15) is 13.2 Å². The average Bonchev–Trinajstić information content (AvgIpc) is 3.13. The third-order valence-electron chi connectivity index (χ3n) is 5.63. The fourth-order valence-corrected chi connectivity index (χ4v) is 4.30. The van der Waals surface area contributed by atoms with Crippen molar-refractivity contribution in [1.82, 2.24) is 9.40 Å². The van der Waals surface area contributed by atoms with Crippen molar-refractivity contribution in [2.45, 2.75) is 32.6 Å². The van der Waals surface area contributed by atoms with Crippen LogP contribution >= 0.6 is 11.8 Å². The molecule has 3 heterocycles. The van der Waals surface area contributed by atoms with Gasteiger partial charge in [0.15, 0.2) is 11.5 Å². The number of carbonyl (C=O) groups excluding carboxylic acids is 1. The van der Waals surface area contributed by atoms with Crippen LogP contribution in [0, 0.1) is 5.41 Å². The van der Waals surface area contributed by atoms with Gasteiger partial charge < -0.3 is 19.2 Å². The summed E-state index contributed by atoms with van der Waals surface area (Å²) >= 11 is 6.12. The molecule has 1 saturated heterocycles. The monoisotopic (exact) mass is 392 g/mol. The van der Waals surface area contributed by atoms with E-state index < -0.39 is 0 Å². The number of aromatic nitrogens is 1. The minimum Gasteiger partial charge on any atom is -0.486 e. The Morgan fingerprint density at radius 2 is 2.07 bits per heavy atom. The molecule has 1 aromatic carbocycles. The zero-order valence-electron chi connectivity index (χ0n) is 15.6. The maximum absolute atomic E-state index is 12.9. The minimum atomic E-state index is -0.326. The molecule has 2 aliphatic heterocycles. The van der Waals surface area contributed by atoms with Gasteiger partial charge in [-0.15, -0.1) is 0 Å². The summed E-state index contributed by atoms with van der Waals surface area (Å²) in [6.07, 6.45) is 5.67. The Hall–Kier alpha value is -1.92. The van der Waals surface area contributed by atoms with Crippen molar-refractivity contribution in [2.24, 2.45) is 5.41 Å². The molecule has 0 unspecified atom stereocenters. The molecule has 1 aromatic heterocycles. The highest BCUT2D eigenvalue weighted by molar-refractivity contribution is 6.13.